The molecule has 2 heterocycles. The van der Waals surface area contributed by atoms with Gasteiger partial charge in [-0.25, -0.2) is 9.78 Å². The van der Waals surface area contributed by atoms with Crippen molar-refractivity contribution >= 4 is 5.97 Å². The van der Waals surface area contributed by atoms with Crippen molar-refractivity contribution in [2.45, 2.75) is 31.9 Å². The number of benzene rings is 1. The molecule has 0 amide bonds. The number of hydrogen-bond acceptors (Lipinski definition) is 4. The van der Waals surface area contributed by atoms with Crippen LogP contribution in [0.15, 0.2) is 42.6 Å². The smallest absolute Gasteiger partial charge is 0.475 e. The molecule has 27 heavy (non-hydrogen) atoms. The first-order valence-electron chi connectivity index (χ1n) is 8.47. The fraction of sp³-hybridized carbons (Fsp3) is 0.368. The zero-order valence-electron chi connectivity index (χ0n) is 14.8. The molecule has 3 rings (SSSR count). The number of aryl methyl sites for hydroxylation is 1. The van der Waals surface area contributed by atoms with Crippen molar-refractivity contribution in [3.8, 4) is 11.6 Å². The van der Waals surface area contributed by atoms with Crippen molar-refractivity contribution in [2.75, 3.05) is 13.1 Å². The number of carboxylic acids is 1. The summed E-state index contributed by atoms with van der Waals surface area (Å²) in [7, 11) is 0. The van der Waals surface area contributed by atoms with E-state index in [1.165, 1.54) is 11.1 Å². The van der Waals surface area contributed by atoms with Crippen LogP contribution in [0.2, 0.25) is 0 Å². The molecule has 146 valence electrons. The number of rotatable bonds is 3. The predicted molar refractivity (Wildman–Crippen MR) is 94.0 cm³/mol. The van der Waals surface area contributed by atoms with Crippen LogP contribution in [0.25, 0.3) is 0 Å². The number of ether oxygens (including phenoxy) is 1. The molecule has 1 saturated heterocycles. The van der Waals surface area contributed by atoms with E-state index in [9.17, 15) is 13.2 Å². The summed E-state index contributed by atoms with van der Waals surface area (Å²) in [5.41, 5.74) is 2.46. The molecule has 5 nitrogen and oxygen atoms in total. The molecular formula is C19H21F3N2O3. The van der Waals surface area contributed by atoms with Gasteiger partial charge in [-0.2, -0.15) is 13.2 Å². The SMILES string of the molecule is Cc1ccc(Oc2ncccc2C2CCNCC2)cc1.O=C(O)C(F)(F)F. The number of nitrogens with one attached hydrogen (secondary N) is 1. The molecular weight excluding hydrogens is 361 g/mol. The van der Waals surface area contributed by atoms with Crippen molar-refractivity contribution in [1.29, 1.82) is 0 Å². The van der Waals surface area contributed by atoms with Gasteiger partial charge in [0.15, 0.2) is 0 Å². The van der Waals surface area contributed by atoms with Crippen LogP contribution in [-0.2, 0) is 4.79 Å². The Morgan fingerprint density at radius 2 is 1.78 bits per heavy atom. The van der Waals surface area contributed by atoms with Gasteiger partial charge in [-0.3, -0.25) is 0 Å². The summed E-state index contributed by atoms with van der Waals surface area (Å²) in [4.78, 5) is 13.3. The third kappa shape index (κ3) is 6.56. The molecule has 2 N–H and O–H groups in total. The van der Waals surface area contributed by atoms with Crippen LogP contribution in [0, 0.1) is 6.92 Å². The number of halogens is 3. The first kappa shape index (κ1) is 20.7. The summed E-state index contributed by atoms with van der Waals surface area (Å²) >= 11 is 0. The second-order valence-electron chi connectivity index (χ2n) is 6.14. The van der Waals surface area contributed by atoms with Gasteiger partial charge in [0.2, 0.25) is 5.88 Å². The highest BCUT2D eigenvalue weighted by Crippen LogP contribution is 2.33. The number of piperidine rings is 1. The highest BCUT2D eigenvalue weighted by molar-refractivity contribution is 5.73. The summed E-state index contributed by atoms with van der Waals surface area (Å²) < 4.78 is 37.7. The molecule has 1 aromatic carbocycles. The molecule has 2 aromatic rings. The van der Waals surface area contributed by atoms with Crippen LogP contribution in [-0.4, -0.2) is 35.3 Å². The lowest BCUT2D eigenvalue weighted by Crippen LogP contribution is -2.26. The number of nitrogens with zero attached hydrogens (tertiary/aromatic N) is 1. The molecule has 0 unspecified atom stereocenters. The van der Waals surface area contributed by atoms with Gasteiger partial charge in [-0.1, -0.05) is 23.8 Å². The minimum atomic E-state index is -5.08. The summed E-state index contributed by atoms with van der Waals surface area (Å²) in [6.45, 7) is 4.22. The predicted octanol–water partition coefficient (Wildman–Crippen LogP) is 4.28. The van der Waals surface area contributed by atoms with Crippen LogP contribution < -0.4 is 10.1 Å². The Bertz CT molecular complexity index is 743. The van der Waals surface area contributed by atoms with E-state index >= 15 is 0 Å². The average molecular weight is 382 g/mol. The van der Waals surface area contributed by atoms with Gasteiger partial charge >= 0.3 is 12.1 Å². The maximum absolute atomic E-state index is 10.6. The van der Waals surface area contributed by atoms with Crippen LogP contribution >= 0.6 is 0 Å². The molecule has 8 heteroatoms. The minimum absolute atomic E-state index is 0.547. The lowest BCUT2D eigenvalue weighted by atomic mass is 9.91. The van der Waals surface area contributed by atoms with Crippen molar-refractivity contribution in [3.05, 3.63) is 53.7 Å². The highest BCUT2D eigenvalue weighted by atomic mass is 19.4. The molecule has 1 fully saturated rings. The molecule has 0 aliphatic carbocycles. The standard InChI is InChI=1S/C17H20N2O.C2HF3O2/c1-13-4-6-15(7-5-13)20-17-16(3-2-10-19-17)14-8-11-18-12-9-14;3-2(4,5)1(6)7/h2-7,10,14,18H,8-9,11-12H2,1H3;(H,6,7). The van der Waals surface area contributed by atoms with E-state index in [2.05, 4.69) is 35.4 Å². The van der Waals surface area contributed by atoms with Crippen LogP contribution in [0.1, 0.15) is 29.9 Å². The molecule has 0 atom stereocenters. The van der Waals surface area contributed by atoms with E-state index in [0.717, 1.165) is 37.6 Å². The second-order valence-corrected chi connectivity index (χ2v) is 6.14. The fourth-order valence-corrected chi connectivity index (χ4v) is 2.65. The minimum Gasteiger partial charge on any atom is -0.475 e. The summed E-state index contributed by atoms with van der Waals surface area (Å²) in [6, 6.07) is 12.3. The van der Waals surface area contributed by atoms with E-state index in [0.29, 0.717) is 5.92 Å². The molecule has 0 spiro atoms. The molecule has 0 saturated carbocycles. The van der Waals surface area contributed by atoms with Crippen molar-refractivity contribution in [2.24, 2.45) is 0 Å². The van der Waals surface area contributed by atoms with Gasteiger partial charge in [0.05, 0.1) is 0 Å². The number of carbonyl (C=O) groups is 1. The molecule has 1 aliphatic heterocycles. The Morgan fingerprint density at radius 3 is 2.33 bits per heavy atom. The van der Waals surface area contributed by atoms with Crippen molar-refractivity contribution in [3.63, 3.8) is 0 Å². The Labute approximate surface area is 155 Å². The summed E-state index contributed by atoms with van der Waals surface area (Å²) in [5, 5.41) is 10.5. The number of aliphatic carboxylic acids is 1. The molecule has 0 bridgehead atoms. The number of aromatic nitrogens is 1. The van der Waals surface area contributed by atoms with Gasteiger partial charge in [-0.05, 0) is 57.0 Å². The van der Waals surface area contributed by atoms with Crippen molar-refractivity contribution < 1.29 is 27.8 Å². The monoisotopic (exact) mass is 382 g/mol. The zero-order chi connectivity index (χ0) is 19.9. The third-order valence-electron chi connectivity index (χ3n) is 4.06. The van der Waals surface area contributed by atoms with Gasteiger partial charge in [0.25, 0.3) is 0 Å². The highest BCUT2D eigenvalue weighted by Gasteiger charge is 2.38. The first-order valence-corrected chi connectivity index (χ1v) is 8.47. The third-order valence-corrected chi connectivity index (χ3v) is 4.06. The van der Waals surface area contributed by atoms with Gasteiger partial charge in [0, 0.05) is 11.8 Å². The van der Waals surface area contributed by atoms with Gasteiger partial charge in [0.1, 0.15) is 5.75 Å². The van der Waals surface area contributed by atoms with Crippen molar-refractivity contribution in [1.82, 2.24) is 10.3 Å². The fourth-order valence-electron chi connectivity index (χ4n) is 2.65. The van der Waals surface area contributed by atoms with E-state index in [1.807, 2.05) is 18.2 Å². The van der Waals surface area contributed by atoms with E-state index in [4.69, 9.17) is 14.6 Å². The van der Waals surface area contributed by atoms with Crippen LogP contribution in [0.4, 0.5) is 13.2 Å². The maximum Gasteiger partial charge on any atom is 0.490 e. The summed E-state index contributed by atoms with van der Waals surface area (Å²) in [5.74, 6) is -0.606. The molecule has 1 aliphatic rings. The quantitative estimate of drug-likeness (QED) is 0.829. The maximum atomic E-state index is 10.6. The Morgan fingerprint density at radius 1 is 1.19 bits per heavy atom. The normalized spacial score (nSPS) is 14.8. The Hall–Kier alpha value is -2.61. The largest absolute Gasteiger partial charge is 0.490 e. The van der Waals surface area contributed by atoms with Gasteiger partial charge in [-0.15, -0.1) is 0 Å². The van der Waals surface area contributed by atoms with E-state index < -0.39 is 12.1 Å². The average Bonchev–Trinajstić information content (AvgIpc) is 2.64. The zero-order valence-corrected chi connectivity index (χ0v) is 14.8. The van der Waals surface area contributed by atoms with Gasteiger partial charge < -0.3 is 15.2 Å². The Balaban J connectivity index is 0.000000321. The lowest BCUT2D eigenvalue weighted by Gasteiger charge is -2.24. The molecule has 1 aromatic heterocycles. The summed E-state index contributed by atoms with van der Waals surface area (Å²) in [6.07, 6.45) is -0.986. The lowest BCUT2D eigenvalue weighted by molar-refractivity contribution is -0.192. The Kier molecular flexibility index (Phi) is 7.18. The second kappa shape index (κ2) is 9.36. The topological polar surface area (TPSA) is 71.5 Å². The number of hydrogen-bond donors (Lipinski definition) is 2. The molecule has 0 radical (unpaired) electrons. The number of pyridine rings is 1. The van der Waals surface area contributed by atoms with E-state index in [-0.39, 0.29) is 0 Å². The van der Waals surface area contributed by atoms with Crippen LogP contribution in [0.5, 0.6) is 11.6 Å². The number of alkyl halides is 3. The first-order chi connectivity index (χ1) is 12.8. The van der Waals surface area contributed by atoms with E-state index in [1.54, 1.807) is 6.20 Å². The van der Waals surface area contributed by atoms with Crippen LogP contribution in [0.3, 0.4) is 0 Å². The number of carboxylic acid groups (broad SMARTS) is 1.